The van der Waals surface area contributed by atoms with Gasteiger partial charge < -0.3 is 4.90 Å². The quantitative estimate of drug-likeness (QED) is 0.823. The molecule has 1 saturated heterocycles. The number of anilines is 1. The molecule has 0 amide bonds. The number of benzene rings is 1. The number of hydrogen-bond donors (Lipinski definition) is 0. The molecule has 0 spiro atoms. The highest BCUT2D eigenvalue weighted by atomic mass is 15.6. The second-order valence-electron chi connectivity index (χ2n) is 9.05. The Bertz CT molecular complexity index is 765. The first-order valence-electron chi connectivity index (χ1n) is 10.0. The summed E-state index contributed by atoms with van der Waals surface area (Å²) < 4.78 is 1.99. The van der Waals surface area contributed by atoms with Crippen LogP contribution >= 0.6 is 0 Å². The van der Waals surface area contributed by atoms with E-state index in [4.69, 9.17) is 0 Å². The second-order valence-corrected chi connectivity index (χ2v) is 9.05. The van der Waals surface area contributed by atoms with E-state index in [9.17, 15) is 0 Å². The molecule has 6 nitrogen and oxygen atoms in total. The van der Waals surface area contributed by atoms with E-state index in [2.05, 4.69) is 92.0 Å². The van der Waals surface area contributed by atoms with Crippen LogP contribution in [0.2, 0.25) is 0 Å². The third-order valence-electron chi connectivity index (χ3n) is 5.65. The number of hydrogen-bond acceptors (Lipinski definition) is 5. The summed E-state index contributed by atoms with van der Waals surface area (Å²) in [6, 6.07) is 6.84. The van der Waals surface area contributed by atoms with Crippen LogP contribution in [0, 0.1) is 19.8 Å². The summed E-state index contributed by atoms with van der Waals surface area (Å²) in [5, 5.41) is 12.7. The maximum absolute atomic E-state index is 4.43. The Hall–Kier alpha value is -1.95. The Morgan fingerprint density at radius 1 is 1.00 bits per heavy atom. The van der Waals surface area contributed by atoms with Crippen LogP contribution in [0.15, 0.2) is 18.2 Å². The first kappa shape index (κ1) is 19.8. The average Bonchev–Trinajstić information content (AvgIpc) is 3.07. The van der Waals surface area contributed by atoms with Crippen molar-refractivity contribution in [3.63, 3.8) is 0 Å². The minimum atomic E-state index is -0.119. The molecule has 3 rings (SSSR count). The largest absolute Gasteiger partial charge is 0.369 e. The summed E-state index contributed by atoms with van der Waals surface area (Å²) in [5.74, 6) is 1.43. The number of rotatable bonds is 4. The van der Waals surface area contributed by atoms with Crippen LogP contribution in [-0.2, 0) is 5.54 Å². The lowest BCUT2D eigenvalue weighted by Crippen LogP contribution is -2.49. The summed E-state index contributed by atoms with van der Waals surface area (Å²) in [7, 11) is 0. The van der Waals surface area contributed by atoms with Crippen molar-refractivity contribution in [1.29, 1.82) is 0 Å². The third-order valence-corrected chi connectivity index (χ3v) is 5.65. The number of nitrogens with zero attached hydrogens (tertiary/aromatic N) is 6. The standard InChI is InChI=1S/C21H34N6/c1-15(2)19(20-22-23-24-27(20)21(5,6)7)26-13-11-25(12-14-26)18-10-8-9-16(3)17(18)4/h8-10,15,19H,11-14H2,1-7H3/t19-/m1/s1. The highest BCUT2D eigenvalue weighted by molar-refractivity contribution is 5.56. The molecule has 0 unspecified atom stereocenters. The molecule has 6 heteroatoms. The number of tetrazole rings is 1. The monoisotopic (exact) mass is 370 g/mol. The molecule has 1 fully saturated rings. The van der Waals surface area contributed by atoms with Crippen LogP contribution in [0.25, 0.3) is 0 Å². The fourth-order valence-electron chi connectivity index (χ4n) is 4.06. The van der Waals surface area contributed by atoms with Gasteiger partial charge in [0.05, 0.1) is 11.6 Å². The maximum atomic E-state index is 4.43. The number of aryl methyl sites for hydroxylation is 1. The van der Waals surface area contributed by atoms with Crippen molar-refractivity contribution in [2.24, 2.45) is 5.92 Å². The minimum absolute atomic E-state index is 0.119. The van der Waals surface area contributed by atoms with Crippen LogP contribution in [0.1, 0.15) is 57.6 Å². The summed E-state index contributed by atoms with van der Waals surface area (Å²) in [4.78, 5) is 5.07. The molecule has 1 aromatic heterocycles. The van der Waals surface area contributed by atoms with Crippen molar-refractivity contribution < 1.29 is 0 Å². The fourth-order valence-corrected chi connectivity index (χ4v) is 4.06. The van der Waals surface area contributed by atoms with E-state index in [1.54, 1.807) is 0 Å². The second kappa shape index (κ2) is 7.58. The molecule has 1 aliphatic heterocycles. The van der Waals surface area contributed by atoms with Crippen molar-refractivity contribution in [1.82, 2.24) is 25.1 Å². The Kier molecular flexibility index (Phi) is 5.56. The van der Waals surface area contributed by atoms with Gasteiger partial charge in [-0.15, -0.1) is 5.10 Å². The zero-order chi connectivity index (χ0) is 19.8. The molecule has 0 radical (unpaired) electrons. The van der Waals surface area contributed by atoms with Crippen LogP contribution in [-0.4, -0.2) is 51.3 Å². The van der Waals surface area contributed by atoms with E-state index in [1.165, 1.54) is 16.8 Å². The smallest absolute Gasteiger partial charge is 0.169 e. The van der Waals surface area contributed by atoms with E-state index in [0.717, 1.165) is 32.0 Å². The zero-order valence-electron chi connectivity index (χ0n) is 17.9. The van der Waals surface area contributed by atoms with Gasteiger partial charge in [-0.05, 0) is 68.2 Å². The lowest BCUT2D eigenvalue weighted by Gasteiger charge is -2.42. The molecule has 2 heterocycles. The predicted octanol–water partition coefficient (Wildman–Crippen LogP) is 3.56. The van der Waals surface area contributed by atoms with Gasteiger partial charge in [-0.25, -0.2) is 4.68 Å². The van der Waals surface area contributed by atoms with Crippen LogP contribution < -0.4 is 4.90 Å². The topological polar surface area (TPSA) is 50.1 Å². The predicted molar refractivity (Wildman–Crippen MR) is 110 cm³/mol. The van der Waals surface area contributed by atoms with Crippen molar-refractivity contribution in [3.8, 4) is 0 Å². The summed E-state index contributed by atoms with van der Waals surface area (Å²) in [6.45, 7) is 19.5. The van der Waals surface area contributed by atoms with Gasteiger partial charge >= 0.3 is 0 Å². The van der Waals surface area contributed by atoms with E-state index in [1.807, 2.05) is 4.68 Å². The van der Waals surface area contributed by atoms with Crippen molar-refractivity contribution in [2.75, 3.05) is 31.1 Å². The van der Waals surface area contributed by atoms with E-state index in [0.29, 0.717) is 5.92 Å². The van der Waals surface area contributed by atoms with Gasteiger partial charge in [0, 0.05) is 31.9 Å². The lowest BCUT2D eigenvalue weighted by molar-refractivity contribution is 0.128. The molecule has 1 aliphatic rings. The molecule has 1 aromatic carbocycles. The van der Waals surface area contributed by atoms with Gasteiger partial charge in [-0.2, -0.15) is 0 Å². The minimum Gasteiger partial charge on any atom is -0.369 e. The van der Waals surface area contributed by atoms with Crippen molar-refractivity contribution >= 4 is 5.69 Å². The Balaban J connectivity index is 1.79. The van der Waals surface area contributed by atoms with Crippen molar-refractivity contribution in [3.05, 3.63) is 35.2 Å². The Morgan fingerprint density at radius 3 is 2.26 bits per heavy atom. The SMILES string of the molecule is Cc1cccc(N2CCN([C@@H](c3nnnn3C(C)(C)C)C(C)C)CC2)c1C. The van der Waals surface area contributed by atoms with Crippen LogP contribution in [0.4, 0.5) is 5.69 Å². The van der Waals surface area contributed by atoms with Crippen LogP contribution in [0.3, 0.4) is 0 Å². The Labute approximate surface area is 163 Å². The van der Waals surface area contributed by atoms with Gasteiger partial charge in [0.25, 0.3) is 0 Å². The summed E-state index contributed by atoms with van der Waals surface area (Å²) >= 11 is 0. The molecule has 0 aliphatic carbocycles. The highest BCUT2D eigenvalue weighted by Gasteiger charge is 2.34. The lowest BCUT2D eigenvalue weighted by atomic mass is 9.99. The summed E-state index contributed by atoms with van der Waals surface area (Å²) in [5.41, 5.74) is 4.00. The van der Waals surface area contributed by atoms with Gasteiger partial charge in [0.1, 0.15) is 0 Å². The first-order valence-corrected chi connectivity index (χ1v) is 10.0. The summed E-state index contributed by atoms with van der Waals surface area (Å²) in [6.07, 6.45) is 0. The average molecular weight is 371 g/mol. The third kappa shape index (κ3) is 4.00. The maximum Gasteiger partial charge on any atom is 0.169 e. The molecule has 0 bridgehead atoms. The normalized spacial score (nSPS) is 17.6. The highest BCUT2D eigenvalue weighted by Crippen LogP contribution is 2.31. The van der Waals surface area contributed by atoms with Gasteiger partial charge in [-0.3, -0.25) is 4.90 Å². The molecule has 27 heavy (non-hydrogen) atoms. The molecule has 0 N–H and O–H groups in total. The number of aromatic nitrogens is 4. The zero-order valence-corrected chi connectivity index (χ0v) is 17.9. The molecule has 0 saturated carbocycles. The van der Waals surface area contributed by atoms with Gasteiger partial charge in [0.15, 0.2) is 5.82 Å². The first-order chi connectivity index (χ1) is 12.7. The molecule has 148 valence electrons. The van der Waals surface area contributed by atoms with E-state index < -0.39 is 0 Å². The van der Waals surface area contributed by atoms with E-state index in [-0.39, 0.29) is 11.6 Å². The van der Waals surface area contributed by atoms with Gasteiger partial charge in [0.2, 0.25) is 0 Å². The molecule has 1 atom stereocenters. The van der Waals surface area contributed by atoms with Crippen molar-refractivity contribution in [2.45, 2.75) is 60.0 Å². The van der Waals surface area contributed by atoms with E-state index >= 15 is 0 Å². The number of piperazine rings is 1. The fraction of sp³-hybridized carbons (Fsp3) is 0.667. The Morgan fingerprint density at radius 2 is 1.67 bits per heavy atom. The van der Waals surface area contributed by atoms with Gasteiger partial charge in [-0.1, -0.05) is 26.0 Å². The molecule has 2 aromatic rings. The molecular weight excluding hydrogens is 336 g/mol. The molecular formula is C21H34N6. The van der Waals surface area contributed by atoms with Crippen LogP contribution in [0.5, 0.6) is 0 Å².